The molecule has 0 saturated heterocycles. The van der Waals surface area contributed by atoms with E-state index in [1.165, 1.54) is 24.4 Å². The summed E-state index contributed by atoms with van der Waals surface area (Å²) in [6, 6.07) is 5.53. The highest BCUT2D eigenvalue weighted by Gasteiger charge is 2.14. The van der Waals surface area contributed by atoms with Crippen molar-refractivity contribution >= 4 is 5.97 Å². The number of aromatic hydroxyl groups is 2. The van der Waals surface area contributed by atoms with Gasteiger partial charge in [-0.2, -0.15) is 0 Å². The van der Waals surface area contributed by atoms with Crippen LogP contribution >= 0.6 is 0 Å². The van der Waals surface area contributed by atoms with Crippen molar-refractivity contribution in [3.05, 3.63) is 41.7 Å². The van der Waals surface area contributed by atoms with E-state index in [9.17, 15) is 15.0 Å². The van der Waals surface area contributed by atoms with Gasteiger partial charge in [0.1, 0.15) is 0 Å². The molecule has 2 rings (SSSR count). The third-order valence-electron chi connectivity index (χ3n) is 2.39. The van der Waals surface area contributed by atoms with Crippen molar-refractivity contribution in [1.82, 2.24) is 9.71 Å². The van der Waals surface area contributed by atoms with Gasteiger partial charge in [-0.25, -0.2) is 4.79 Å². The van der Waals surface area contributed by atoms with Crippen LogP contribution < -0.4 is 4.84 Å². The molecule has 6 nitrogen and oxygen atoms in total. The molecule has 0 aliphatic heterocycles. The Labute approximate surface area is 103 Å². The summed E-state index contributed by atoms with van der Waals surface area (Å²) in [5.74, 6) is -1.40. The van der Waals surface area contributed by atoms with Crippen LogP contribution in [0.15, 0.2) is 30.5 Å². The predicted octanol–water partition coefficient (Wildman–Crippen LogP) is 1.13. The molecule has 0 amide bonds. The molecule has 2 aromatic rings. The van der Waals surface area contributed by atoms with Crippen LogP contribution in [0.5, 0.6) is 11.8 Å². The zero-order valence-electron chi connectivity index (χ0n) is 9.70. The van der Waals surface area contributed by atoms with Crippen LogP contribution in [0.3, 0.4) is 0 Å². The lowest BCUT2D eigenvalue weighted by Gasteiger charge is -2.07. The Morgan fingerprint density at radius 2 is 2.00 bits per heavy atom. The number of carbonyl (C=O) groups is 1. The van der Waals surface area contributed by atoms with E-state index in [-0.39, 0.29) is 11.8 Å². The van der Waals surface area contributed by atoms with E-state index < -0.39 is 5.97 Å². The minimum Gasteiger partial charge on any atom is -0.492 e. The first-order chi connectivity index (χ1) is 8.61. The predicted molar refractivity (Wildman–Crippen MR) is 62.3 cm³/mol. The van der Waals surface area contributed by atoms with E-state index in [4.69, 9.17) is 4.84 Å². The number of hydrogen-bond donors (Lipinski definition) is 2. The maximum atomic E-state index is 11.8. The van der Waals surface area contributed by atoms with Gasteiger partial charge in [-0.1, -0.05) is 6.92 Å². The number of hydrogen-bond acceptors (Lipinski definition) is 5. The normalized spacial score (nSPS) is 10.3. The topological polar surface area (TPSA) is 84.6 Å². The van der Waals surface area contributed by atoms with Gasteiger partial charge in [0.25, 0.3) is 0 Å². The second kappa shape index (κ2) is 4.79. The quantitative estimate of drug-likeness (QED) is 0.850. The maximum absolute atomic E-state index is 11.8. The minimum absolute atomic E-state index is 0.300. The monoisotopic (exact) mass is 248 g/mol. The number of aromatic nitrogens is 2. The zero-order valence-corrected chi connectivity index (χ0v) is 9.70. The Morgan fingerprint density at radius 1 is 1.33 bits per heavy atom. The van der Waals surface area contributed by atoms with Crippen molar-refractivity contribution in [2.75, 3.05) is 0 Å². The summed E-state index contributed by atoms with van der Waals surface area (Å²) < 4.78 is 0.647. The second-order valence-corrected chi connectivity index (χ2v) is 3.61. The van der Waals surface area contributed by atoms with E-state index in [2.05, 4.69) is 4.98 Å². The summed E-state index contributed by atoms with van der Waals surface area (Å²) in [7, 11) is 0. The lowest BCUT2D eigenvalue weighted by Crippen LogP contribution is -2.19. The summed E-state index contributed by atoms with van der Waals surface area (Å²) in [5.41, 5.74) is 1.06. The van der Waals surface area contributed by atoms with Gasteiger partial charge < -0.3 is 15.1 Å². The van der Waals surface area contributed by atoms with Crippen LogP contribution in [-0.2, 0) is 6.42 Å². The van der Waals surface area contributed by atoms with Crippen LogP contribution in [0, 0.1) is 0 Å². The van der Waals surface area contributed by atoms with Crippen molar-refractivity contribution in [2.24, 2.45) is 0 Å². The average molecular weight is 248 g/mol. The molecule has 0 fully saturated rings. The van der Waals surface area contributed by atoms with Crippen LogP contribution in [0.1, 0.15) is 23.0 Å². The number of aryl methyl sites for hydroxylation is 1. The molecule has 0 aliphatic rings. The van der Waals surface area contributed by atoms with E-state index >= 15 is 0 Å². The van der Waals surface area contributed by atoms with Gasteiger partial charge >= 0.3 is 5.97 Å². The number of rotatable bonds is 3. The highest BCUT2D eigenvalue weighted by Crippen LogP contribution is 2.19. The highest BCUT2D eigenvalue weighted by molar-refractivity contribution is 5.89. The van der Waals surface area contributed by atoms with Crippen molar-refractivity contribution in [3.8, 4) is 11.8 Å². The van der Waals surface area contributed by atoms with Crippen molar-refractivity contribution in [1.29, 1.82) is 0 Å². The molecule has 0 aromatic carbocycles. The molecule has 0 radical (unpaired) electrons. The standard InChI is InChI=1S/C12H12N2O4/c1-2-9-7-8(5-6-13-9)12(17)18-14-10(15)3-4-11(14)16/h3-7,15-16H,2H2,1H3. The van der Waals surface area contributed by atoms with Crippen molar-refractivity contribution in [3.63, 3.8) is 0 Å². The molecule has 2 heterocycles. The van der Waals surface area contributed by atoms with Gasteiger partial charge in [-0.3, -0.25) is 4.98 Å². The number of pyridine rings is 1. The summed E-state index contributed by atoms with van der Waals surface area (Å²) >= 11 is 0. The van der Waals surface area contributed by atoms with Crippen LogP contribution in [0.4, 0.5) is 0 Å². The fraction of sp³-hybridized carbons (Fsp3) is 0.167. The van der Waals surface area contributed by atoms with Gasteiger partial charge in [0, 0.05) is 24.0 Å². The van der Waals surface area contributed by atoms with Crippen LogP contribution in [-0.4, -0.2) is 25.9 Å². The van der Waals surface area contributed by atoms with Gasteiger partial charge in [-0.15, -0.1) is 4.73 Å². The molecule has 2 aromatic heterocycles. The summed E-state index contributed by atoms with van der Waals surface area (Å²) in [4.78, 5) is 20.7. The maximum Gasteiger partial charge on any atom is 0.364 e. The number of nitrogens with zero attached hydrogens (tertiary/aromatic N) is 2. The molecule has 0 aliphatic carbocycles. The molecule has 0 unspecified atom stereocenters. The third kappa shape index (κ3) is 2.27. The van der Waals surface area contributed by atoms with Gasteiger partial charge in [0.05, 0.1) is 5.56 Å². The molecule has 6 heteroatoms. The Hall–Kier alpha value is -2.50. The Kier molecular flexibility index (Phi) is 3.18. The molecule has 0 bridgehead atoms. The smallest absolute Gasteiger partial charge is 0.364 e. The largest absolute Gasteiger partial charge is 0.492 e. The third-order valence-corrected chi connectivity index (χ3v) is 2.39. The molecular weight excluding hydrogens is 236 g/mol. The van der Waals surface area contributed by atoms with Crippen molar-refractivity contribution < 1.29 is 19.8 Å². The second-order valence-electron chi connectivity index (χ2n) is 3.61. The molecule has 94 valence electrons. The lowest BCUT2D eigenvalue weighted by atomic mass is 10.2. The zero-order chi connectivity index (χ0) is 13.1. The Morgan fingerprint density at radius 3 is 2.61 bits per heavy atom. The van der Waals surface area contributed by atoms with E-state index in [0.717, 1.165) is 5.69 Å². The fourth-order valence-electron chi connectivity index (χ4n) is 1.43. The minimum atomic E-state index is -0.686. The van der Waals surface area contributed by atoms with Gasteiger partial charge in [0.2, 0.25) is 11.8 Å². The summed E-state index contributed by atoms with van der Waals surface area (Å²) in [5, 5.41) is 18.7. The molecule has 0 saturated carbocycles. The van der Waals surface area contributed by atoms with E-state index in [1.54, 1.807) is 6.07 Å². The molecular formula is C12H12N2O4. The highest BCUT2D eigenvalue weighted by atomic mass is 16.7. The average Bonchev–Trinajstić information content (AvgIpc) is 2.70. The SMILES string of the molecule is CCc1cc(C(=O)On2c(O)ccc2O)ccn1. The molecule has 18 heavy (non-hydrogen) atoms. The summed E-state index contributed by atoms with van der Waals surface area (Å²) in [6.45, 7) is 1.92. The van der Waals surface area contributed by atoms with Crippen LogP contribution in [0.25, 0.3) is 0 Å². The fourth-order valence-corrected chi connectivity index (χ4v) is 1.43. The first kappa shape index (κ1) is 12.0. The van der Waals surface area contributed by atoms with Gasteiger partial charge in [-0.05, 0) is 18.6 Å². The lowest BCUT2D eigenvalue weighted by molar-refractivity contribution is 0.0381. The summed E-state index contributed by atoms with van der Waals surface area (Å²) in [6.07, 6.45) is 2.20. The Bertz CT molecular complexity index is 558. The van der Waals surface area contributed by atoms with E-state index in [1.807, 2.05) is 6.92 Å². The first-order valence-corrected chi connectivity index (χ1v) is 5.39. The molecule has 2 N–H and O–H groups in total. The van der Waals surface area contributed by atoms with Crippen molar-refractivity contribution in [2.45, 2.75) is 13.3 Å². The Balaban J connectivity index is 2.22. The first-order valence-electron chi connectivity index (χ1n) is 5.39. The molecule has 0 atom stereocenters. The van der Waals surface area contributed by atoms with E-state index in [0.29, 0.717) is 16.7 Å². The van der Waals surface area contributed by atoms with Crippen LogP contribution in [0.2, 0.25) is 0 Å². The number of carbonyl (C=O) groups excluding carboxylic acids is 1. The molecule has 0 spiro atoms. The van der Waals surface area contributed by atoms with Gasteiger partial charge in [0.15, 0.2) is 0 Å².